The lowest BCUT2D eigenvalue weighted by Gasteiger charge is -2.10. The minimum atomic E-state index is 0.0118. The van der Waals surface area contributed by atoms with Crippen molar-refractivity contribution in [2.24, 2.45) is 0 Å². The first-order valence-electron chi connectivity index (χ1n) is 5.28. The molecule has 0 aliphatic heterocycles. The highest BCUT2D eigenvalue weighted by atomic mass is 16.5. The molecular formula is C10H14N6O. The van der Waals surface area contributed by atoms with Crippen molar-refractivity contribution in [2.75, 3.05) is 12.4 Å². The van der Waals surface area contributed by atoms with Gasteiger partial charge in [-0.2, -0.15) is 15.0 Å². The minimum absolute atomic E-state index is 0.0118. The van der Waals surface area contributed by atoms with Gasteiger partial charge in [0.25, 0.3) is 0 Å². The molecule has 0 atom stereocenters. The fourth-order valence-corrected chi connectivity index (χ4v) is 1.21. The van der Waals surface area contributed by atoms with E-state index in [1.54, 1.807) is 30.3 Å². The van der Waals surface area contributed by atoms with Crippen molar-refractivity contribution in [2.45, 2.75) is 20.0 Å². The summed E-state index contributed by atoms with van der Waals surface area (Å²) >= 11 is 0. The lowest BCUT2D eigenvalue weighted by Crippen LogP contribution is -2.12. The summed E-state index contributed by atoms with van der Waals surface area (Å²) in [5.41, 5.74) is 0. The molecule has 0 fully saturated rings. The maximum atomic E-state index is 5.46. The van der Waals surface area contributed by atoms with Gasteiger partial charge in [-0.15, -0.1) is 0 Å². The monoisotopic (exact) mass is 234 g/mol. The molecule has 0 saturated carbocycles. The Morgan fingerprint density at radius 2 is 2.12 bits per heavy atom. The molecule has 0 bridgehead atoms. The molecule has 2 aromatic heterocycles. The van der Waals surface area contributed by atoms with Crippen LogP contribution in [-0.2, 0) is 0 Å². The molecule has 2 heterocycles. The second-order valence-electron chi connectivity index (χ2n) is 3.63. The summed E-state index contributed by atoms with van der Waals surface area (Å²) in [5, 5.41) is 2.87. The normalized spacial score (nSPS) is 10.6. The third-order valence-corrected chi connectivity index (χ3v) is 1.90. The van der Waals surface area contributed by atoms with E-state index in [1.807, 2.05) is 13.8 Å². The molecule has 7 nitrogen and oxygen atoms in total. The number of rotatable bonds is 4. The summed E-state index contributed by atoms with van der Waals surface area (Å²) in [6, 6.07) is 0.294. The molecule has 17 heavy (non-hydrogen) atoms. The molecule has 0 amide bonds. The first kappa shape index (κ1) is 11.3. The molecule has 1 N–H and O–H groups in total. The van der Waals surface area contributed by atoms with Gasteiger partial charge in [0, 0.05) is 19.4 Å². The summed E-state index contributed by atoms with van der Waals surface area (Å²) in [5.74, 6) is 0.928. The van der Waals surface area contributed by atoms with Gasteiger partial charge in [0.15, 0.2) is 0 Å². The van der Waals surface area contributed by atoms with Gasteiger partial charge >= 0.3 is 6.01 Å². The average molecular weight is 234 g/mol. The van der Waals surface area contributed by atoms with E-state index in [1.165, 1.54) is 0 Å². The van der Waals surface area contributed by atoms with Crippen molar-refractivity contribution in [3.63, 3.8) is 0 Å². The van der Waals surface area contributed by atoms with Gasteiger partial charge in [0.1, 0.15) is 6.33 Å². The number of imidazole rings is 1. The van der Waals surface area contributed by atoms with Crippen LogP contribution in [0.1, 0.15) is 13.8 Å². The van der Waals surface area contributed by atoms with Crippen LogP contribution < -0.4 is 10.1 Å². The molecule has 2 rings (SSSR count). The molecule has 90 valence electrons. The summed E-state index contributed by atoms with van der Waals surface area (Å²) in [4.78, 5) is 16.5. The number of hydrogen-bond acceptors (Lipinski definition) is 6. The number of aromatic nitrogens is 5. The molecule has 0 aliphatic rings. The molecule has 0 unspecified atom stereocenters. The van der Waals surface area contributed by atoms with E-state index in [4.69, 9.17) is 4.74 Å². The van der Waals surface area contributed by atoms with Crippen molar-refractivity contribution < 1.29 is 4.74 Å². The molecular weight excluding hydrogens is 220 g/mol. The molecule has 0 aliphatic carbocycles. The number of nitrogens with one attached hydrogen (secondary N) is 1. The van der Waals surface area contributed by atoms with Crippen LogP contribution in [0.5, 0.6) is 6.01 Å². The van der Waals surface area contributed by atoms with Crippen LogP contribution in [0.3, 0.4) is 0 Å². The third kappa shape index (κ3) is 2.68. The molecule has 0 saturated heterocycles. The van der Waals surface area contributed by atoms with E-state index in [-0.39, 0.29) is 6.10 Å². The van der Waals surface area contributed by atoms with E-state index < -0.39 is 0 Å². The summed E-state index contributed by atoms with van der Waals surface area (Å²) < 4.78 is 7.15. The topological polar surface area (TPSA) is 77.8 Å². The van der Waals surface area contributed by atoms with Crippen LogP contribution >= 0.6 is 0 Å². The zero-order valence-corrected chi connectivity index (χ0v) is 9.95. The standard InChI is InChI=1S/C10H14N6O/c1-7(2)17-10-14-8(11-3)13-9(15-10)16-5-4-12-6-16/h4-7H,1-3H3,(H,11,13,14,15). The number of nitrogens with zero attached hydrogens (tertiary/aromatic N) is 5. The third-order valence-electron chi connectivity index (χ3n) is 1.90. The van der Waals surface area contributed by atoms with E-state index in [0.717, 1.165) is 0 Å². The van der Waals surface area contributed by atoms with Crippen LogP contribution in [0.4, 0.5) is 5.95 Å². The Bertz CT molecular complexity index is 482. The zero-order chi connectivity index (χ0) is 12.3. The van der Waals surface area contributed by atoms with Crippen LogP contribution in [0.2, 0.25) is 0 Å². The minimum Gasteiger partial charge on any atom is -0.461 e. The van der Waals surface area contributed by atoms with Crippen molar-refractivity contribution in [1.82, 2.24) is 24.5 Å². The molecule has 0 spiro atoms. The SMILES string of the molecule is CNc1nc(OC(C)C)nc(-n2ccnc2)n1. The summed E-state index contributed by atoms with van der Waals surface area (Å²) in [6.45, 7) is 3.83. The fourth-order valence-electron chi connectivity index (χ4n) is 1.21. The smallest absolute Gasteiger partial charge is 0.323 e. The second kappa shape index (κ2) is 4.77. The Kier molecular flexibility index (Phi) is 3.17. The van der Waals surface area contributed by atoms with Gasteiger partial charge < -0.3 is 10.1 Å². The van der Waals surface area contributed by atoms with Crippen LogP contribution in [0.15, 0.2) is 18.7 Å². The predicted molar refractivity (Wildman–Crippen MR) is 62.3 cm³/mol. The molecule has 0 radical (unpaired) electrons. The molecule has 7 heteroatoms. The predicted octanol–water partition coefficient (Wildman–Crippen LogP) is 0.886. The highest BCUT2D eigenvalue weighted by Crippen LogP contribution is 2.11. The van der Waals surface area contributed by atoms with E-state index in [2.05, 4.69) is 25.3 Å². The van der Waals surface area contributed by atoms with Gasteiger partial charge in [-0.05, 0) is 13.8 Å². The number of hydrogen-bond donors (Lipinski definition) is 1. The molecule has 2 aromatic rings. The summed E-state index contributed by atoms with van der Waals surface area (Å²) in [6.07, 6.45) is 5.05. The Hall–Kier alpha value is -2.18. The van der Waals surface area contributed by atoms with E-state index in [9.17, 15) is 0 Å². The first-order chi connectivity index (χ1) is 8.19. The maximum Gasteiger partial charge on any atom is 0.323 e. The number of anilines is 1. The van der Waals surface area contributed by atoms with Crippen molar-refractivity contribution in [3.05, 3.63) is 18.7 Å². The Morgan fingerprint density at radius 1 is 1.29 bits per heavy atom. The lowest BCUT2D eigenvalue weighted by molar-refractivity contribution is 0.221. The van der Waals surface area contributed by atoms with Gasteiger partial charge in [-0.3, -0.25) is 4.57 Å². The Morgan fingerprint density at radius 3 is 2.71 bits per heavy atom. The van der Waals surface area contributed by atoms with E-state index >= 15 is 0 Å². The van der Waals surface area contributed by atoms with Crippen molar-refractivity contribution >= 4 is 5.95 Å². The first-order valence-corrected chi connectivity index (χ1v) is 5.28. The van der Waals surface area contributed by atoms with Crippen molar-refractivity contribution in [1.29, 1.82) is 0 Å². The Labute approximate surface area is 98.9 Å². The second-order valence-corrected chi connectivity index (χ2v) is 3.63. The average Bonchev–Trinajstić information content (AvgIpc) is 2.81. The van der Waals surface area contributed by atoms with Gasteiger partial charge in [0.05, 0.1) is 6.10 Å². The largest absolute Gasteiger partial charge is 0.461 e. The number of ether oxygens (including phenoxy) is 1. The zero-order valence-electron chi connectivity index (χ0n) is 9.95. The van der Waals surface area contributed by atoms with Gasteiger partial charge in [0.2, 0.25) is 11.9 Å². The van der Waals surface area contributed by atoms with E-state index in [0.29, 0.717) is 17.9 Å². The van der Waals surface area contributed by atoms with Crippen LogP contribution in [0.25, 0.3) is 5.95 Å². The fraction of sp³-hybridized carbons (Fsp3) is 0.400. The summed E-state index contributed by atoms with van der Waals surface area (Å²) in [7, 11) is 1.74. The molecule has 0 aromatic carbocycles. The van der Waals surface area contributed by atoms with Gasteiger partial charge in [-0.25, -0.2) is 4.98 Å². The Balaban J connectivity index is 2.38. The van der Waals surface area contributed by atoms with Crippen molar-refractivity contribution in [3.8, 4) is 12.0 Å². The van der Waals surface area contributed by atoms with Crippen LogP contribution in [0, 0.1) is 0 Å². The lowest BCUT2D eigenvalue weighted by atomic mass is 10.5. The highest BCUT2D eigenvalue weighted by Gasteiger charge is 2.09. The van der Waals surface area contributed by atoms with Gasteiger partial charge in [-0.1, -0.05) is 0 Å². The maximum absolute atomic E-state index is 5.46. The van der Waals surface area contributed by atoms with Crippen LogP contribution in [-0.4, -0.2) is 37.7 Å². The highest BCUT2D eigenvalue weighted by molar-refractivity contribution is 5.29. The quantitative estimate of drug-likeness (QED) is 0.846.